The van der Waals surface area contributed by atoms with Gasteiger partial charge in [-0.3, -0.25) is 4.79 Å². The minimum atomic E-state index is -0.453. The fraction of sp³-hybridized carbons (Fsp3) is 0.150. The van der Waals surface area contributed by atoms with Gasteiger partial charge in [-0.15, -0.1) is 0 Å². The Bertz CT molecular complexity index is 1010. The molecule has 1 amide bonds. The van der Waals surface area contributed by atoms with Crippen LogP contribution in [0.25, 0.3) is 0 Å². The summed E-state index contributed by atoms with van der Waals surface area (Å²) in [7, 11) is 3.04. The first-order valence-electron chi connectivity index (χ1n) is 8.41. The van der Waals surface area contributed by atoms with Crippen LogP contribution in [0.4, 0.5) is 21.7 Å². The molecule has 0 aliphatic rings. The van der Waals surface area contributed by atoms with Gasteiger partial charge in [-0.2, -0.15) is 0 Å². The average molecular weight is 382 g/mol. The van der Waals surface area contributed by atoms with E-state index in [1.165, 1.54) is 19.2 Å². The van der Waals surface area contributed by atoms with Gasteiger partial charge in [0.05, 0.1) is 25.6 Å². The zero-order valence-corrected chi connectivity index (χ0v) is 15.6. The summed E-state index contributed by atoms with van der Waals surface area (Å²) in [6.07, 6.45) is 0. The Hall–Kier alpha value is -3.68. The van der Waals surface area contributed by atoms with Crippen molar-refractivity contribution in [3.8, 4) is 11.5 Å². The molecular formula is C20H19FN4O3. The second-order valence-electron chi connectivity index (χ2n) is 5.84. The van der Waals surface area contributed by atoms with E-state index in [9.17, 15) is 9.18 Å². The van der Waals surface area contributed by atoms with Crippen molar-refractivity contribution in [1.29, 1.82) is 0 Å². The summed E-state index contributed by atoms with van der Waals surface area (Å²) in [5.41, 5.74) is 1.37. The van der Waals surface area contributed by atoms with Crippen LogP contribution in [0.15, 0.2) is 48.5 Å². The maximum Gasteiger partial charge on any atom is 0.274 e. The number of halogens is 1. The molecule has 1 aromatic heterocycles. The molecule has 0 bridgehead atoms. The molecule has 0 atom stereocenters. The monoisotopic (exact) mass is 382 g/mol. The fourth-order valence-corrected chi connectivity index (χ4v) is 2.51. The number of amides is 1. The molecule has 28 heavy (non-hydrogen) atoms. The summed E-state index contributed by atoms with van der Waals surface area (Å²) in [6, 6.07) is 12.7. The number of methoxy groups -OCH3 is 2. The zero-order valence-electron chi connectivity index (χ0n) is 15.6. The first-order valence-corrected chi connectivity index (χ1v) is 8.41. The lowest BCUT2D eigenvalue weighted by molar-refractivity contribution is 0.102. The van der Waals surface area contributed by atoms with Crippen molar-refractivity contribution in [2.45, 2.75) is 6.92 Å². The van der Waals surface area contributed by atoms with Crippen LogP contribution in [-0.4, -0.2) is 30.1 Å². The molecule has 0 spiro atoms. The van der Waals surface area contributed by atoms with E-state index >= 15 is 0 Å². The smallest absolute Gasteiger partial charge is 0.274 e. The van der Waals surface area contributed by atoms with Gasteiger partial charge in [0.25, 0.3) is 5.91 Å². The highest BCUT2D eigenvalue weighted by Gasteiger charge is 2.14. The number of aromatic nitrogens is 2. The van der Waals surface area contributed by atoms with Crippen LogP contribution in [0.1, 0.15) is 16.2 Å². The third-order valence-electron chi connectivity index (χ3n) is 3.86. The van der Waals surface area contributed by atoms with Crippen molar-refractivity contribution in [2.75, 3.05) is 24.9 Å². The molecule has 0 saturated carbocycles. The quantitative estimate of drug-likeness (QED) is 0.672. The Morgan fingerprint density at radius 1 is 1.00 bits per heavy atom. The minimum absolute atomic E-state index is 0.122. The van der Waals surface area contributed by atoms with E-state index in [1.54, 1.807) is 50.4 Å². The van der Waals surface area contributed by atoms with Gasteiger partial charge in [0.2, 0.25) is 5.95 Å². The number of para-hydroxylation sites is 1. The van der Waals surface area contributed by atoms with Crippen LogP contribution in [-0.2, 0) is 0 Å². The highest BCUT2D eigenvalue weighted by Crippen LogP contribution is 2.29. The van der Waals surface area contributed by atoms with Crippen LogP contribution < -0.4 is 20.1 Å². The number of carbonyl (C=O) groups excluding carboxylic acids is 1. The molecule has 0 fully saturated rings. The Labute approximate surface area is 161 Å². The molecule has 0 aliphatic carbocycles. The van der Waals surface area contributed by atoms with E-state index in [2.05, 4.69) is 20.6 Å². The molecule has 144 valence electrons. The first kappa shape index (κ1) is 19.1. The zero-order chi connectivity index (χ0) is 20.1. The van der Waals surface area contributed by atoms with Gasteiger partial charge >= 0.3 is 0 Å². The van der Waals surface area contributed by atoms with Crippen LogP contribution in [0, 0.1) is 12.7 Å². The Morgan fingerprint density at radius 3 is 2.50 bits per heavy atom. The number of anilines is 3. The van der Waals surface area contributed by atoms with Gasteiger partial charge in [0.1, 0.15) is 23.0 Å². The number of hydrogen-bond acceptors (Lipinski definition) is 6. The van der Waals surface area contributed by atoms with Crippen molar-refractivity contribution in [1.82, 2.24) is 9.97 Å². The number of nitrogens with zero attached hydrogens (tertiary/aromatic N) is 2. The van der Waals surface area contributed by atoms with Gasteiger partial charge in [0, 0.05) is 11.8 Å². The van der Waals surface area contributed by atoms with Crippen molar-refractivity contribution in [3.05, 3.63) is 65.7 Å². The summed E-state index contributed by atoms with van der Waals surface area (Å²) in [5, 5.41) is 5.54. The number of ether oxygens (including phenoxy) is 2. The van der Waals surface area contributed by atoms with Crippen LogP contribution >= 0.6 is 0 Å². The van der Waals surface area contributed by atoms with Crippen molar-refractivity contribution in [3.63, 3.8) is 0 Å². The largest absolute Gasteiger partial charge is 0.497 e. The number of benzene rings is 2. The van der Waals surface area contributed by atoms with Crippen LogP contribution in [0.5, 0.6) is 11.5 Å². The second kappa shape index (κ2) is 8.34. The standard InChI is InChI=1S/C20H19FN4O3/c1-12-10-17(25-20(22-12)24-15-7-5-4-6-14(15)21)19(26)23-16-9-8-13(27-2)11-18(16)28-3/h4-11H,1-3H3,(H,23,26)(H,22,24,25). The lowest BCUT2D eigenvalue weighted by Gasteiger charge is -2.12. The second-order valence-corrected chi connectivity index (χ2v) is 5.84. The SMILES string of the molecule is COc1ccc(NC(=O)c2cc(C)nc(Nc3ccccc3F)n2)c(OC)c1. The van der Waals surface area contributed by atoms with Gasteiger partial charge in [0.15, 0.2) is 0 Å². The number of nitrogens with one attached hydrogen (secondary N) is 2. The van der Waals surface area contributed by atoms with Crippen molar-refractivity contribution < 1.29 is 18.7 Å². The molecule has 0 radical (unpaired) electrons. The predicted octanol–water partition coefficient (Wildman–Crippen LogP) is 3.94. The van der Waals surface area contributed by atoms with Crippen LogP contribution in [0.2, 0.25) is 0 Å². The summed E-state index contributed by atoms with van der Waals surface area (Å²) in [4.78, 5) is 21.1. The third kappa shape index (κ3) is 4.35. The summed E-state index contributed by atoms with van der Waals surface area (Å²) >= 11 is 0. The third-order valence-corrected chi connectivity index (χ3v) is 3.86. The normalized spacial score (nSPS) is 10.3. The van der Waals surface area contributed by atoms with Gasteiger partial charge < -0.3 is 20.1 Å². The van der Waals surface area contributed by atoms with E-state index in [-0.39, 0.29) is 17.3 Å². The van der Waals surface area contributed by atoms with Gasteiger partial charge in [-0.25, -0.2) is 14.4 Å². The molecule has 3 aromatic rings. The predicted molar refractivity (Wildman–Crippen MR) is 104 cm³/mol. The van der Waals surface area contributed by atoms with E-state index in [4.69, 9.17) is 9.47 Å². The van der Waals surface area contributed by atoms with E-state index < -0.39 is 11.7 Å². The molecule has 7 nitrogen and oxygen atoms in total. The number of carbonyl (C=O) groups is 1. The van der Waals surface area contributed by atoms with Gasteiger partial charge in [-0.05, 0) is 37.3 Å². The molecule has 0 unspecified atom stereocenters. The molecule has 0 aliphatic heterocycles. The maximum absolute atomic E-state index is 13.8. The van der Waals surface area contributed by atoms with E-state index in [0.29, 0.717) is 22.9 Å². The lowest BCUT2D eigenvalue weighted by Crippen LogP contribution is -2.16. The summed E-state index contributed by atoms with van der Waals surface area (Å²) in [5.74, 6) is 0.274. The number of rotatable bonds is 6. The number of aryl methyl sites for hydroxylation is 1. The molecule has 8 heteroatoms. The molecule has 2 aromatic carbocycles. The summed E-state index contributed by atoms with van der Waals surface area (Å²) < 4.78 is 24.3. The van der Waals surface area contributed by atoms with E-state index in [1.807, 2.05) is 0 Å². The molecule has 2 N–H and O–H groups in total. The lowest BCUT2D eigenvalue weighted by atomic mass is 10.2. The number of hydrogen-bond donors (Lipinski definition) is 2. The minimum Gasteiger partial charge on any atom is -0.497 e. The molecule has 3 rings (SSSR count). The fourth-order valence-electron chi connectivity index (χ4n) is 2.51. The Kier molecular flexibility index (Phi) is 5.69. The molecular weight excluding hydrogens is 363 g/mol. The average Bonchev–Trinajstić information content (AvgIpc) is 2.69. The Balaban J connectivity index is 1.84. The first-order chi connectivity index (χ1) is 13.5. The van der Waals surface area contributed by atoms with Crippen molar-refractivity contribution >= 4 is 23.2 Å². The maximum atomic E-state index is 13.8. The van der Waals surface area contributed by atoms with Crippen molar-refractivity contribution in [2.24, 2.45) is 0 Å². The molecule has 1 heterocycles. The van der Waals surface area contributed by atoms with Crippen LogP contribution in [0.3, 0.4) is 0 Å². The van der Waals surface area contributed by atoms with Gasteiger partial charge in [-0.1, -0.05) is 12.1 Å². The Morgan fingerprint density at radius 2 is 1.79 bits per heavy atom. The highest BCUT2D eigenvalue weighted by atomic mass is 19.1. The topological polar surface area (TPSA) is 85.4 Å². The molecule has 0 saturated heterocycles. The van der Waals surface area contributed by atoms with E-state index in [0.717, 1.165) is 0 Å². The highest BCUT2D eigenvalue weighted by molar-refractivity contribution is 6.04. The summed E-state index contributed by atoms with van der Waals surface area (Å²) in [6.45, 7) is 1.72.